The monoisotopic (exact) mass is 507 g/mol. The van der Waals surface area contributed by atoms with Crippen LogP contribution in [0.5, 0.6) is 11.5 Å². The minimum Gasteiger partial charge on any atom is -0.454 e. The Bertz CT molecular complexity index is 1170. The van der Waals surface area contributed by atoms with E-state index in [-0.39, 0.29) is 30.3 Å². The van der Waals surface area contributed by atoms with Crippen molar-refractivity contribution in [2.24, 2.45) is 0 Å². The van der Waals surface area contributed by atoms with Gasteiger partial charge in [0, 0.05) is 24.7 Å². The van der Waals surface area contributed by atoms with Gasteiger partial charge in [-0.25, -0.2) is 12.8 Å². The highest BCUT2D eigenvalue weighted by Crippen LogP contribution is 2.36. The van der Waals surface area contributed by atoms with Gasteiger partial charge in [-0.3, -0.25) is 13.9 Å². The van der Waals surface area contributed by atoms with Crippen LogP contribution in [-0.2, 0) is 26.2 Å². The molecule has 1 aliphatic rings. The summed E-state index contributed by atoms with van der Waals surface area (Å²) in [4.78, 5) is 27.4. The van der Waals surface area contributed by atoms with Crippen molar-refractivity contribution in [2.45, 2.75) is 39.8 Å². The van der Waals surface area contributed by atoms with Crippen LogP contribution >= 0.6 is 0 Å². The zero-order chi connectivity index (χ0) is 25.6. The van der Waals surface area contributed by atoms with Crippen LogP contribution < -0.4 is 19.1 Å². The molecule has 35 heavy (non-hydrogen) atoms. The van der Waals surface area contributed by atoms with Crippen molar-refractivity contribution in [3.63, 3.8) is 0 Å². The molecule has 0 saturated carbocycles. The van der Waals surface area contributed by atoms with Gasteiger partial charge in [0.2, 0.25) is 28.6 Å². The van der Waals surface area contributed by atoms with Gasteiger partial charge >= 0.3 is 0 Å². The summed E-state index contributed by atoms with van der Waals surface area (Å²) in [7, 11) is -3.89. The zero-order valence-corrected chi connectivity index (χ0v) is 20.8. The van der Waals surface area contributed by atoms with Gasteiger partial charge < -0.3 is 19.7 Å². The topological polar surface area (TPSA) is 105 Å². The SMILES string of the molecule is CCCNC(=O)[C@H](C)N(Cc1ccccc1F)C(=O)CN(c1ccc2c(c1)OCO2)S(=O)(=O)CC. The highest BCUT2D eigenvalue weighted by atomic mass is 32.2. The molecule has 1 aliphatic heterocycles. The van der Waals surface area contributed by atoms with Crippen LogP contribution in [-0.4, -0.2) is 56.8 Å². The summed E-state index contributed by atoms with van der Waals surface area (Å²) in [5.41, 5.74) is 0.433. The van der Waals surface area contributed by atoms with Gasteiger partial charge in [-0.15, -0.1) is 0 Å². The molecule has 0 fully saturated rings. The van der Waals surface area contributed by atoms with E-state index >= 15 is 0 Å². The van der Waals surface area contributed by atoms with Crippen molar-refractivity contribution in [2.75, 3.05) is 29.9 Å². The maximum Gasteiger partial charge on any atom is 0.244 e. The van der Waals surface area contributed by atoms with Gasteiger partial charge in [0.15, 0.2) is 11.5 Å². The summed E-state index contributed by atoms with van der Waals surface area (Å²) >= 11 is 0. The summed E-state index contributed by atoms with van der Waals surface area (Å²) in [6, 6.07) is 9.55. The number of ether oxygens (including phenoxy) is 2. The Labute approximate surface area is 204 Å². The first-order valence-electron chi connectivity index (χ1n) is 11.4. The Morgan fingerprint density at radius 3 is 2.51 bits per heavy atom. The second-order valence-electron chi connectivity index (χ2n) is 8.02. The minimum atomic E-state index is -3.89. The summed E-state index contributed by atoms with van der Waals surface area (Å²) in [6.07, 6.45) is 0.701. The number of benzene rings is 2. The van der Waals surface area contributed by atoms with Crippen molar-refractivity contribution in [3.8, 4) is 11.5 Å². The van der Waals surface area contributed by atoms with Crippen molar-refractivity contribution in [1.29, 1.82) is 0 Å². The number of carbonyl (C=O) groups excluding carboxylic acids is 2. The molecule has 0 bridgehead atoms. The average Bonchev–Trinajstić information content (AvgIpc) is 3.32. The molecule has 0 radical (unpaired) electrons. The maximum atomic E-state index is 14.4. The van der Waals surface area contributed by atoms with Gasteiger partial charge in [-0.05, 0) is 38.5 Å². The average molecular weight is 508 g/mol. The number of carbonyl (C=O) groups is 2. The zero-order valence-electron chi connectivity index (χ0n) is 20.0. The van der Waals surface area contributed by atoms with Gasteiger partial charge in [0.25, 0.3) is 0 Å². The number of nitrogens with one attached hydrogen (secondary N) is 1. The quantitative estimate of drug-likeness (QED) is 0.501. The van der Waals surface area contributed by atoms with Crippen molar-refractivity contribution >= 4 is 27.5 Å². The first kappa shape index (κ1) is 26.3. The van der Waals surface area contributed by atoms with E-state index in [0.29, 0.717) is 24.5 Å². The summed E-state index contributed by atoms with van der Waals surface area (Å²) in [6.45, 7) is 4.55. The molecule has 3 rings (SSSR count). The fraction of sp³-hybridized carbons (Fsp3) is 0.417. The molecule has 0 aromatic heterocycles. The molecule has 2 aromatic carbocycles. The molecule has 0 aliphatic carbocycles. The number of sulfonamides is 1. The van der Waals surface area contributed by atoms with Crippen LogP contribution in [0, 0.1) is 5.82 Å². The lowest BCUT2D eigenvalue weighted by Gasteiger charge is -2.32. The molecular weight excluding hydrogens is 477 g/mol. The van der Waals surface area contributed by atoms with Crippen molar-refractivity contribution < 1.29 is 31.9 Å². The number of amides is 2. The number of halogens is 1. The van der Waals surface area contributed by atoms with Crippen LogP contribution in [0.2, 0.25) is 0 Å². The standard InChI is InChI=1S/C24H30FN3O6S/c1-4-12-26-24(30)17(3)27(14-18-8-6-7-9-20(18)25)23(29)15-28(35(31,32)5-2)19-10-11-21-22(13-19)34-16-33-21/h6-11,13,17H,4-5,12,14-16H2,1-3H3,(H,26,30)/t17-/m0/s1. The third-order valence-corrected chi connectivity index (χ3v) is 7.38. The number of hydrogen-bond donors (Lipinski definition) is 1. The molecule has 0 unspecified atom stereocenters. The van der Waals surface area contributed by atoms with E-state index in [9.17, 15) is 22.4 Å². The molecule has 0 spiro atoms. The number of nitrogens with zero attached hydrogens (tertiary/aromatic N) is 2. The molecule has 2 amide bonds. The first-order valence-corrected chi connectivity index (χ1v) is 13.0. The second-order valence-corrected chi connectivity index (χ2v) is 10.2. The van der Waals surface area contributed by atoms with E-state index in [1.807, 2.05) is 6.92 Å². The van der Waals surface area contributed by atoms with Gasteiger partial charge in [-0.2, -0.15) is 0 Å². The van der Waals surface area contributed by atoms with E-state index in [1.165, 1.54) is 49.1 Å². The number of hydrogen-bond acceptors (Lipinski definition) is 6. The summed E-state index contributed by atoms with van der Waals surface area (Å²) < 4.78 is 51.9. The first-order chi connectivity index (χ1) is 16.7. The number of rotatable bonds is 11. The largest absolute Gasteiger partial charge is 0.454 e. The molecule has 1 atom stereocenters. The van der Waals surface area contributed by atoms with E-state index in [0.717, 1.165) is 4.31 Å². The van der Waals surface area contributed by atoms with Gasteiger partial charge in [0.1, 0.15) is 18.4 Å². The second kappa shape index (κ2) is 11.4. The van der Waals surface area contributed by atoms with E-state index in [4.69, 9.17) is 9.47 Å². The maximum absolute atomic E-state index is 14.4. The number of anilines is 1. The normalized spacial score (nSPS) is 13.3. The fourth-order valence-electron chi connectivity index (χ4n) is 3.55. The minimum absolute atomic E-state index is 0.0129. The molecule has 11 heteroatoms. The summed E-state index contributed by atoms with van der Waals surface area (Å²) in [5.74, 6) is -1.01. The highest BCUT2D eigenvalue weighted by molar-refractivity contribution is 7.92. The van der Waals surface area contributed by atoms with Crippen molar-refractivity contribution in [1.82, 2.24) is 10.2 Å². The van der Waals surface area contributed by atoms with Gasteiger partial charge in [0.05, 0.1) is 11.4 Å². The van der Waals surface area contributed by atoms with Crippen LogP contribution in [0.25, 0.3) is 0 Å². The molecule has 9 nitrogen and oxygen atoms in total. The molecule has 1 N–H and O–H groups in total. The van der Waals surface area contributed by atoms with Crippen LogP contribution in [0.15, 0.2) is 42.5 Å². The predicted molar refractivity (Wildman–Crippen MR) is 129 cm³/mol. The molecule has 0 saturated heterocycles. The van der Waals surface area contributed by atoms with E-state index in [2.05, 4.69) is 5.32 Å². The molecular formula is C24H30FN3O6S. The molecule has 190 valence electrons. The van der Waals surface area contributed by atoms with Gasteiger partial charge in [-0.1, -0.05) is 25.1 Å². The van der Waals surface area contributed by atoms with Crippen LogP contribution in [0.3, 0.4) is 0 Å². The Hall–Kier alpha value is -3.34. The number of fused-ring (bicyclic) bond motifs is 1. The highest BCUT2D eigenvalue weighted by Gasteiger charge is 2.32. The van der Waals surface area contributed by atoms with E-state index < -0.39 is 40.2 Å². The third kappa shape index (κ3) is 6.21. The Morgan fingerprint density at radius 1 is 1.11 bits per heavy atom. The van der Waals surface area contributed by atoms with Crippen LogP contribution in [0.4, 0.5) is 10.1 Å². The smallest absolute Gasteiger partial charge is 0.244 e. The lowest BCUT2D eigenvalue weighted by Crippen LogP contribution is -2.51. The fourth-order valence-corrected chi connectivity index (χ4v) is 4.60. The molecule has 2 aromatic rings. The van der Waals surface area contributed by atoms with E-state index in [1.54, 1.807) is 12.1 Å². The Balaban J connectivity index is 1.94. The molecule has 1 heterocycles. The van der Waals surface area contributed by atoms with Crippen molar-refractivity contribution in [3.05, 3.63) is 53.8 Å². The lowest BCUT2D eigenvalue weighted by molar-refractivity contribution is -0.139. The lowest BCUT2D eigenvalue weighted by atomic mass is 10.1. The van der Waals surface area contributed by atoms with Crippen LogP contribution in [0.1, 0.15) is 32.8 Å². The Kier molecular flexibility index (Phi) is 8.55. The summed E-state index contributed by atoms with van der Waals surface area (Å²) in [5, 5.41) is 2.73. The Morgan fingerprint density at radius 2 is 1.83 bits per heavy atom. The third-order valence-electron chi connectivity index (χ3n) is 5.64. The predicted octanol–water partition coefficient (Wildman–Crippen LogP) is 2.65.